The van der Waals surface area contributed by atoms with Gasteiger partial charge in [-0.15, -0.1) is 0 Å². The molecule has 4 heteroatoms. The second-order valence-corrected chi connectivity index (χ2v) is 6.19. The molecule has 0 aromatic heterocycles. The van der Waals surface area contributed by atoms with Crippen LogP contribution in [0.4, 0.5) is 0 Å². The van der Waals surface area contributed by atoms with Crippen LogP contribution in [0.3, 0.4) is 0 Å². The van der Waals surface area contributed by atoms with Crippen LogP contribution in [-0.2, 0) is 22.9 Å². The van der Waals surface area contributed by atoms with Crippen molar-refractivity contribution in [3.8, 4) is 0 Å². The van der Waals surface area contributed by atoms with Gasteiger partial charge in [0.25, 0.3) is 0 Å². The van der Waals surface area contributed by atoms with Gasteiger partial charge in [0.2, 0.25) is 10.0 Å². The fourth-order valence-corrected chi connectivity index (χ4v) is 4.12. The molecule has 1 aromatic rings. The van der Waals surface area contributed by atoms with Crippen molar-refractivity contribution in [2.75, 3.05) is 13.1 Å². The van der Waals surface area contributed by atoms with Gasteiger partial charge in [-0.2, -0.15) is 4.31 Å². The van der Waals surface area contributed by atoms with Gasteiger partial charge < -0.3 is 0 Å². The number of fused-ring (bicyclic) bond motifs is 2. The fraction of sp³-hybridized carbons (Fsp3) is 0.455. The second kappa shape index (κ2) is 2.83. The maximum Gasteiger partial charge on any atom is 0.243 e. The van der Waals surface area contributed by atoms with E-state index in [-0.39, 0.29) is 0 Å². The molecule has 2 aliphatic rings. The molecular formula is C11H13NO2S. The summed E-state index contributed by atoms with van der Waals surface area (Å²) in [5.41, 5.74) is 3.19. The molecule has 1 aromatic carbocycles. The summed E-state index contributed by atoms with van der Waals surface area (Å²) in [6.07, 6.45) is 1.76. The van der Waals surface area contributed by atoms with Gasteiger partial charge in [-0.3, -0.25) is 0 Å². The first-order valence-electron chi connectivity index (χ1n) is 5.21. The van der Waals surface area contributed by atoms with Gasteiger partial charge in [-0.1, -0.05) is 17.7 Å². The highest BCUT2D eigenvalue weighted by Gasteiger charge is 2.38. The van der Waals surface area contributed by atoms with Gasteiger partial charge in [0.1, 0.15) is 0 Å². The highest BCUT2D eigenvalue weighted by atomic mass is 32.2. The van der Waals surface area contributed by atoms with Crippen LogP contribution in [0.15, 0.2) is 17.0 Å². The minimum Gasteiger partial charge on any atom is -0.207 e. The third-order valence-electron chi connectivity index (χ3n) is 3.05. The maximum absolute atomic E-state index is 12.1. The molecule has 1 saturated heterocycles. The number of aryl methyl sites for hydroxylation is 3. The van der Waals surface area contributed by atoms with Crippen LogP contribution in [0.1, 0.15) is 16.7 Å². The Kier molecular flexibility index (Phi) is 1.77. The lowest BCUT2D eigenvalue weighted by Crippen LogP contribution is -2.13. The number of hydrogen-bond donors (Lipinski definition) is 0. The molecule has 3 rings (SSSR count). The monoisotopic (exact) mass is 223 g/mol. The zero-order valence-electron chi connectivity index (χ0n) is 8.66. The van der Waals surface area contributed by atoms with Crippen molar-refractivity contribution < 1.29 is 8.42 Å². The number of rotatable bonds is 2. The van der Waals surface area contributed by atoms with Crippen molar-refractivity contribution in [1.29, 1.82) is 0 Å². The molecule has 1 heterocycles. The molecule has 0 saturated carbocycles. The average molecular weight is 223 g/mol. The molecule has 0 N–H and O–H groups in total. The number of hydrogen-bond acceptors (Lipinski definition) is 2. The smallest absolute Gasteiger partial charge is 0.207 e. The van der Waals surface area contributed by atoms with Crippen molar-refractivity contribution in [2.45, 2.75) is 24.7 Å². The Bertz CT molecular complexity index is 505. The first kappa shape index (κ1) is 9.36. The lowest BCUT2D eigenvalue weighted by atomic mass is 10.2. The number of sulfonamides is 1. The summed E-state index contributed by atoms with van der Waals surface area (Å²) in [5, 5.41) is 0. The van der Waals surface area contributed by atoms with Crippen LogP contribution in [-0.4, -0.2) is 25.8 Å². The van der Waals surface area contributed by atoms with E-state index in [1.807, 2.05) is 19.1 Å². The molecular weight excluding hydrogens is 210 g/mol. The maximum atomic E-state index is 12.1. The standard InChI is InChI=1S/C11H13NO2S/c1-8-6-9-2-3-10(7-8)11(9)15(13,14)12-4-5-12/h6-7H,2-5H2,1H3. The Balaban J connectivity index is 2.22. The zero-order valence-corrected chi connectivity index (χ0v) is 9.47. The van der Waals surface area contributed by atoms with Crippen LogP contribution in [0.2, 0.25) is 0 Å². The van der Waals surface area contributed by atoms with Crippen molar-refractivity contribution in [3.05, 3.63) is 28.8 Å². The van der Waals surface area contributed by atoms with E-state index in [1.165, 1.54) is 9.87 Å². The first-order chi connectivity index (χ1) is 7.09. The number of benzene rings is 1. The third kappa shape index (κ3) is 1.32. The van der Waals surface area contributed by atoms with Crippen LogP contribution >= 0.6 is 0 Å². The van der Waals surface area contributed by atoms with E-state index in [0.717, 1.165) is 24.0 Å². The fourth-order valence-electron chi connectivity index (χ4n) is 2.31. The molecule has 3 nitrogen and oxygen atoms in total. The number of nitrogens with zero attached hydrogens (tertiary/aromatic N) is 1. The van der Waals surface area contributed by atoms with Gasteiger partial charge in [0.15, 0.2) is 0 Å². The largest absolute Gasteiger partial charge is 0.243 e. The lowest BCUT2D eigenvalue weighted by Gasteiger charge is -2.08. The Morgan fingerprint density at radius 3 is 2.13 bits per heavy atom. The summed E-state index contributed by atoms with van der Waals surface area (Å²) < 4.78 is 25.8. The van der Waals surface area contributed by atoms with E-state index in [4.69, 9.17) is 0 Å². The predicted octanol–water partition coefficient (Wildman–Crippen LogP) is 1.10. The Morgan fingerprint density at radius 1 is 1.13 bits per heavy atom. The second-order valence-electron chi connectivity index (χ2n) is 4.32. The molecule has 0 radical (unpaired) electrons. The summed E-state index contributed by atoms with van der Waals surface area (Å²) in [4.78, 5) is 0.602. The van der Waals surface area contributed by atoms with Crippen LogP contribution < -0.4 is 0 Å². The first-order valence-corrected chi connectivity index (χ1v) is 6.65. The summed E-state index contributed by atoms with van der Waals surface area (Å²) in [5.74, 6) is 0. The van der Waals surface area contributed by atoms with E-state index < -0.39 is 10.0 Å². The van der Waals surface area contributed by atoms with Gasteiger partial charge in [-0.05, 0) is 30.9 Å². The summed E-state index contributed by atoms with van der Waals surface area (Å²) in [6, 6.07) is 4.01. The third-order valence-corrected chi connectivity index (χ3v) is 5.14. The van der Waals surface area contributed by atoms with Crippen LogP contribution in [0, 0.1) is 6.92 Å². The van der Waals surface area contributed by atoms with Gasteiger partial charge >= 0.3 is 0 Å². The molecule has 1 aliphatic heterocycles. The predicted molar refractivity (Wildman–Crippen MR) is 57.3 cm³/mol. The van der Waals surface area contributed by atoms with Gasteiger partial charge in [0.05, 0.1) is 4.90 Å². The molecule has 0 spiro atoms. The van der Waals surface area contributed by atoms with Crippen molar-refractivity contribution in [2.24, 2.45) is 0 Å². The molecule has 1 aliphatic carbocycles. The van der Waals surface area contributed by atoms with E-state index in [1.54, 1.807) is 0 Å². The quantitative estimate of drug-likeness (QED) is 0.704. The summed E-state index contributed by atoms with van der Waals surface area (Å²) in [6.45, 7) is 3.40. The van der Waals surface area contributed by atoms with E-state index >= 15 is 0 Å². The van der Waals surface area contributed by atoms with Crippen molar-refractivity contribution in [1.82, 2.24) is 4.31 Å². The van der Waals surface area contributed by atoms with E-state index in [0.29, 0.717) is 18.0 Å². The van der Waals surface area contributed by atoms with E-state index in [9.17, 15) is 8.42 Å². The molecule has 0 unspecified atom stereocenters. The minimum absolute atomic E-state index is 0.602. The average Bonchev–Trinajstić information content (AvgIpc) is 2.93. The Morgan fingerprint density at radius 2 is 1.67 bits per heavy atom. The summed E-state index contributed by atoms with van der Waals surface area (Å²) in [7, 11) is -3.15. The molecule has 0 atom stereocenters. The van der Waals surface area contributed by atoms with Crippen molar-refractivity contribution in [3.63, 3.8) is 0 Å². The van der Waals surface area contributed by atoms with E-state index in [2.05, 4.69) is 0 Å². The zero-order chi connectivity index (χ0) is 10.6. The summed E-state index contributed by atoms with van der Waals surface area (Å²) >= 11 is 0. The topological polar surface area (TPSA) is 37.1 Å². The Labute approximate surface area is 89.8 Å². The molecule has 1 fully saturated rings. The molecule has 2 bridgehead atoms. The van der Waals surface area contributed by atoms with Gasteiger partial charge in [-0.25, -0.2) is 8.42 Å². The lowest BCUT2D eigenvalue weighted by molar-refractivity contribution is 0.562. The molecule has 80 valence electrons. The highest BCUT2D eigenvalue weighted by molar-refractivity contribution is 7.89. The normalized spacial score (nSPS) is 19.5. The Hall–Kier alpha value is -0.870. The van der Waals surface area contributed by atoms with Gasteiger partial charge in [0, 0.05) is 13.1 Å². The van der Waals surface area contributed by atoms with Crippen LogP contribution in [0.25, 0.3) is 0 Å². The SMILES string of the molecule is Cc1cc2c(S(=O)(=O)N3CC3)c(c1)CC2. The van der Waals surface area contributed by atoms with Crippen LogP contribution in [0.5, 0.6) is 0 Å². The molecule has 0 amide bonds. The minimum atomic E-state index is -3.15. The highest BCUT2D eigenvalue weighted by Crippen LogP contribution is 2.34. The molecule has 15 heavy (non-hydrogen) atoms. The van der Waals surface area contributed by atoms with Crippen molar-refractivity contribution >= 4 is 10.0 Å².